The number of rotatable bonds is 5. The van der Waals surface area contributed by atoms with Gasteiger partial charge in [-0.1, -0.05) is 23.5 Å². The van der Waals surface area contributed by atoms with E-state index in [2.05, 4.69) is 31.9 Å². The minimum absolute atomic E-state index is 0. The van der Waals surface area contributed by atoms with Crippen LogP contribution in [0.4, 0.5) is 0 Å². The quantitative estimate of drug-likeness (QED) is 0.467. The normalized spacial score (nSPS) is 11.0. The molecule has 0 bridgehead atoms. The number of aliphatic carboxylic acids is 1. The molecule has 4 nitrogen and oxygen atoms in total. The van der Waals surface area contributed by atoms with Gasteiger partial charge < -0.3 is 27.2 Å². The van der Waals surface area contributed by atoms with E-state index in [1.165, 1.54) is 0 Å². The van der Waals surface area contributed by atoms with E-state index >= 15 is 0 Å². The molecule has 0 unspecified atom stereocenters. The molecular formula is C18H14Br3NO3S. The Kier molecular flexibility index (Phi) is 7.40. The van der Waals surface area contributed by atoms with Crippen molar-refractivity contribution < 1.29 is 36.6 Å². The number of hydrogen-bond donors (Lipinski definition) is 2. The SMILES string of the molecule is O=C(O)CC[n+]1c(/C=C/c2cc(Br)c(O)c(Br)c2)sc2ccccc21.[Br-]. The lowest BCUT2D eigenvalue weighted by atomic mass is 10.2. The van der Waals surface area contributed by atoms with Crippen molar-refractivity contribution in [3.8, 4) is 5.75 Å². The van der Waals surface area contributed by atoms with Crippen LogP contribution in [0.5, 0.6) is 5.75 Å². The smallest absolute Gasteiger partial charge is 0.309 e. The molecular weight excluding hydrogens is 550 g/mol. The van der Waals surface area contributed by atoms with E-state index in [4.69, 9.17) is 5.11 Å². The highest BCUT2D eigenvalue weighted by Gasteiger charge is 2.19. The second kappa shape index (κ2) is 9.12. The molecule has 3 aromatic rings. The number of carboxylic acid groups (broad SMARTS) is 1. The molecule has 0 saturated carbocycles. The van der Waals surface area contributed by atoms with Crippen LogP contribution >= 0.6 is 43.2 Å². The number of fused-ring (bicyclic) bond motifs is 1. The van der Waals surface area contributed by atoms with E-state index in [-0.39, 0.29) is 29.2 Å². The second-order valence-corrected chi connectivity index (χ2v) is 8.14. The van der Waals surface area contributed by atoms with Gasteiger partial charge in [0.1, 0.15) is 16.9 Å². The maximum Gasteiger partial charge on any atom is 0.309 e. The van der Waals surface area contributed by atoms with Gasteiger partial charge in [-0.25, -0.2) is 0 Å². The summed E-state index contributed by atoms with van der Waals surface area (Å²) in [5.74, 6) is -0.653. The van der Waals surface area contributed by atoms with Gasteiger partial charge in [-0.2, -0.15) is 4.57 Å². The van der Waals surface area contributed by atoms with Gasteiger partial charge in [-0.15, -0.1) is 0 Å². The highest BCUT2D eigenvalue weighted by molar-refractivity contribution is 9.11. The fourth-order valence-corrected chi connectivity index (χ4v) is 4.78. The lowest BCUT2D eigenvalue weighted by molar-refractivity contribution is -0.667. The number of benzene rings is 2. The summed E-state index contributed by atoms with van der Waals surface area (Å²) in [4.78, 5) is 11.0. The molecule has 2 N–H and O–H groups in total. The minimum Gasteiger partial charge on any atom is -1.00 e. The Bertz CT molecular complexity index is 962. The number of halogens is 3. The first-order chi connectivity index (χ1) is 12.0. The molecule has 0 radical (unpaired) electrons. The summed E-state index contributed by atoms with van der Waals surface area (Å²) in [5, 5.41) is 19.8. The third-order valence-corrected chi connectivity index (χ3v) is 5.98. The van der Waals surface area contributed by atoms with Crippen LogP contribution in [0.3, 0.4) is 0 Å². The minimum atomic E-state index is -0.816. The summed E-state index contributed by atoms with van der Waals surface area (Å²) in [5.41, 5.74) is 1.94. The molecule has 0 spiro atoms. The van der Waals surface area contributed by atoms with E-state index in [1.54, 1.807) is 11.3 Å². The van der Waals surface area contributed by atoms with Crippen LogP contribution in [-0.2, 0) is 11.3 Å². The molecule has 0 aliphatic carbocycles. The number of thiazole rings is 1. The number of hydrogen-bond acceptors (Lipinski definition) is 3. The first kappa shape index (κ1) is 21.1. The third-order valence-electron chi connectivity index (χ3n) is 3.64. The maximum atomic E-state index is 11.0. The van der Waals surface area contributed by atoms with Crippen molar-refractivity contribution >= 4 is 71.5 Å². The van der Waals surface area contributed by atoms with Crippen LogP contribution in [0.1, 0.15) is 17.0 Å². The number of aromatic nitrogens is 1. The Balaban J connectivity index is 0.00000243. The highest BCUT2D eigenvalue weighted by Crippen LogP contribution is 2.34. The highest BCUT2D eigenvalue weighted by atomic mass is 79.9. The lowest BCUT2D eigenvalue weighted by Crippen LogP contribution is -3.00. The van der Waals surface area contributed by atoms with Crippen molar-refractivity contribution in [2.24, 2.45) is 0 Å². The van der Waals surface area contributed by atoms with Crippen molar-refractivity contribution in [3.63, 3.8) is 0 Å². The topological polar surface area (TPSA) is 61.4 Å². The Hall–Kier alpha value is -1.22. The summed E-state index contributed by atoms with van der Waals surface area (Å²) >= 11 is 8.27. The summed E-state index contributed by atoms with van der Waals surface area (Å²) in [6.07, 6.45) is 3.98. The van der Waals surface area contributed by atoms with Gasteiger partial charge in [-0.05, 0) is 61.7 Å². The first-order valence-electron chi connectivity index (χ1n) is 7.45. The fourth-order valence-electron chi connectivity index (χ4n) is 2.46. The average molecular weight is 564 g/mol. The average Bonchev–Trinajstić information content (AvgIpc) is 2.93. The molecule has 3 rings (SSSR count). The number of aromatic hydroxyl groups is 1. The van der Waals surface area contributed by atoms with E-state index in [9.17, 15) is 9.90 Å². The molecule has 2 aromatic carbocycles. The van der Waals surface area contributed by atoms with E-state index < -0.39 is 5.97 Å². The summed E-state index contributed by atoms with van der Waals surface area (Å²) in [7, 11) is 0. The molecule has 0 atom stereocenters. The predicted molar refractivity (Wildman–Crippen MR) is 107 cm³/mol. The number of carbonyl (C=O) groups is 1. The monoisotopic (exact) mass is 561 g/mol. The summed E-state index contributed by atoms with van der Waals surface area (Å²) in [6, 6.07) is 11.6. The number of phenolic OH excluding ortho intramolecular Hbond substituents is 1. The van der Waals surface area contributed by atoms with Gasteiger partial charge >= 0.3 is 5.97 Å². The molecule has 0 aliphatic rings. The van der Waals surface area contributed by atoms with Gasteiger partial charge in [0, 0.05) is 12.1 Å². The van der Waals surface area contributed by atoms with Crippen LogP contribution in [-0.4, -0.2) is 16.2 Å². The fraction of sp³-hybridized carbons (Fsp3) is 0.111. The molecule has 136 valence electrons. The standard InChI is InChI=1S/C18H13Br2NO3S.BrH/c19-12-9-11(10-13(20)18(12)24)5-6-16-21(8-7-17(22)23)14-3-1-2-4-15(14)25-16;/h1-6,9-10H,7-8H2,(H,22,23);1H. The van der Waals surface area contributed by atoms with Crippen molar-refractivity contribution in [3.05, 3.63) is 55.9 Å². The molecule has 0 saturated heterocycles. The zero-order valence-electron chi connectivity index (χ0n) is 13.3. The Labute approximate surface area is 181 Å². The van der Waals surface area contributed by atoms with Crippen molar-refractivity contribution in [1.29, 1.82) is 0 Å². The van der Waals surface area contributed by atoms with Crippen LogP contribution in [0.25, 0.3) is 22.4 Å². The van der Waals surface area contributed by atoms with Gasteiger partial charge in [-0.3, -0.25) is 4.79 Å². The van der Waals surface area contributed by atoms with Crippen LogP contribution in [0.15, 0.2) is 45.3 Å². The van der Waals surface area contributed by atoms with Crippen LogP contribution in [0, 0.1) is 0 Å². The number of nitrogens with zero attached hydrogens (tertiary/aromatic N) is 1. The molecule has 26 heavy (non-hydrogen) atoms. The van der Waals surface area contributed by atoms with Crippen molar-refractivity contribution in [1.82, 2.24) is 0 Å². The van der Waals surface area contributed by atoms with Gasteiger partial charge in [0.15, 0.2) is 6.54 Å². The molecule has 0 aliphatic heterocycles. The van der Waals surface area contributed by atoms with Crippen molar-refractivity contribution in [2.45, 2.75) is 13.0 Å². The Morgan fingerprint density at radius 3 is 2.46 bits per heavy atom. The predicted octanol–water partition coefficient (Wildman–Crippen LogP) is 2.07. The number of phenols is 1. The first-order valence-corrected chi connectivity index (χ1v) is 9.85. The largest absolute Gasteiger partial charge is 1.00 e. The number of aryl methyl sites for hydroxylation is 1. The molecule has 8 heteroatoms. The number of carboxylic acids is 1. The molecule has 1 aromatic heterocycles. The zero-order valence-corrected chi connectivity index (χ0v) is 18.9. The number of para-hydroxylation sites is 1. The second-order valence-electron chi connectivity index (χ2n) is 5.37. The van der Waals surface area contributed by atoms with E-state index in [0.29, 0.717) is 15.5 Å². The van der Waals surface area contributed by atoms with E-state index in [0.717, 1.165) is 20.8 Å². The van der Waals surface area contributed by atoms with Gasteiger partial charge in [0.25, 0.3) is 5.01 Å². The van der Waals surface area contributed by atoms with E-state index in [1.807, 2.05) is 53.1 Å². The Morgan fingerprint density at radius 1 is 1.15 bits per heavy atom. The maximum absolute atomic E-state index is 11.0. The molecule has 0 amide bonds. The summed E-state index contributed by atoms with van der Waals surface area (Å²) < 4.78 is 4.35. The van der Waals surface area contributed by atoms with Crippen LogP contribution < -0.4 is 21.5 Å². The Morgan fingerprint density at radius 2 is 1.81 bits per heavy atom. The summed E-state index contributed by atoms with van der Waals surface area (Å²) in [6.45, 7) is 0.419. The zero-order chi connectivity index (χ0) is 18.0. The molecule has 0 fully saturated rings. The van der Waals surface area contributed by atoms with Gasteiger partial charge in [0.2, 0.25) is 5.52 Å². The van der Waals surface area contributed by atoms with Gasteiger partial charge in [0.05, 0.1) is 8.95 Å². The van der Waals surface area contributed by atoms with Crippen LogP contribution in [0.2, 0.25) is 0 Å². The molecule has 1 heterocycles. The third kappa shape index (κ3) is 4.73. The lowest BCUT2D eigenvalue weighted by Gasteiger charge is -2.01. The van der Waals surface area contributed by atoms with Crippen molar-refractivity contribution in [2.75, 3.05) is 0 Å².